The molecule has 1 aliphatic heterocycles. The van der Waals surface area contributed by atoms with Crippen molar-refractivity contribution in [2.45, 2.75) is 6.42 Å². The Kier molecular flexibility index (Phi) is 6.78. The molecule has 1 aromatic heterocycles. The minimum Gasteiger partial charge on any atom is -0.367 e. The van der Waals surface area contributed by atoms with Crippen LogP contribution in [0.15, 0.2) is 41.8 Å². The van der Waals surface area contributed by atoms with E-state index in [1.165, 1.54) is 10.9 Å². The lowest BCUT2D eigenvalue weighted by Crippen LogP contribution is -2.51. The molecule has 8 heteroatoms. The molecule has 3 amide bonds. The van der Waals surface area contributed by atoms with E-state index < -0.39 is 6.03 Å². The summed E-state index contributed by atoms with van der Waals surface area (Å²) in [5, 5.41) is 7.04. The van der Waals surface area contributed by atoms with Crippen molar-refractivity contribution >= 4 is 29.0 Å². The van der Waals surface area contributed by atoms with Crippen molar-refractivity contribution in [2.75, 3.05) is 44.2 Å². The summed E-state index contributed by atoms with van der Waals surface area (Å²) in [5.41, 5.74) is 0.590. The van der Waals surface area contributed by atoms with E-state index in [1.54, 1.807) is 23.5 Å². The molecule has 0 spiro atoms. The molecule has 2 N–H and O–H groups in total. The Balaban J connectivity index is 1.35. The second kappa shape index (κ2) is 9.48. The monoisotopic (exact) mass is 390 g/mol. The van der Waals surface area contributed by atoms with Gasteiger partial charge in [-0.25, -0.2) is 9.18 Å². The second-order valence-electron chi connectivity index (χ2n) is 6.35. The number of urea groups is 1. The summed E-state index contributed by atoms with van der Waals surface area (Å²) in [5.74, 6) is -0.564. The third-order valence-electron chi connectivity index (χ3n) is 4.42. The first kappa shape index (κ1) is 19.3. The van der Waals surface area contributed by atoms with E-state index in [9.17, 15) is 14.0 Å². The number of benzene rings is 1. The molecular formula is C19H23FN4O2S. The van der Waals surface area contributed by atoms with Gasteiger partial charge < -0.3 is 10.2 Å². The first-order valence-electron chi connectivity index (χ1n) is 8.94. The molecule has 2 aromatic rings. The van der Waals surface area contributed by atoms with Crippen LogP contribution in [0.25, 0.3) is 0 Å². The molecule has 0 radical (unpaired) electrons. The van der Waals surface area contributed by atoms with Crippen LogP contribution in [-0.2, 0) is 11.2 Å². The van der Waals surface area contributed by atoms with Crippen LogP contribution >= 0.6 is 11.3 Å². The minimum absolute atomic E-state index is 0.156. The number of thiophene rings is 1. The molecule has 2 heterocycles. The maximum absolute atomic E-state index is 13.9. The van der Waals surface area contributed by atoms with Gasteiger partial charge in [-0.1, -0.05) is 18.2 Å². The molecule has 0 unspecified atom stereocenters. The number of halogens is 1. The average Bonchev–Trinajstić information content (AvgIpc) is 3.16. The molecule has 1 aromatic carbocycles. The molecule has 1 aliphatic rings. The van der Waals surface area contributed by atoms with Gasteiger partial charge >= 0.3 is 6.03 Å². The van der Waals surface area contributed by atoms with E-state index in [0.29, 0.717) is 38.4 Å². The number of carbonyl (C=O) groups excluding carboxylic acids is 2. The lowest BCUT2D eigenvalue weighted by molar-refractivity contribution is -0.121. The fourth-order valence-electron chi connectivity index (χ4n) is 3.02. The van der Waals surface area contributed by atoms with E-state index in [2.05, 4.69) is 10.6 Å². The number of piperazine rings is 1. The van der Waals surface area contributed by atoms with Crippen molar-refractivity contribution in [3.63, 3.8) is 0 Å². The first-order chi connectivity index (χ1) is 13.1. The number of nitrogens with one attached hydrogen (secondary N) is 2. The zero-order valence-corrected chi connectivity index (χ0v) is 15.8. The van der Waals surface area contributed by atoms with Crippen molar-refractivity contribution in [1.82, 2.24) is 15.5 Å². The van der Waals surface area contributed by atoms with E-state index in [0.717, 1.165) is 6.42 Å². The third kappa shape index (κ3) is 5.77. The Morgan fingerprint density at radius 1 is 1.07 bits per heavy atom. The lowest BCUT2D eigenvalue weighted by Gasteiger charge is -2.35. The van der Waals surface area contributed by atoms with E-state index in [4.69, 9.17) is 0 Å². The van der Waals surface area contributed by atoms with Gasteiger partial charge in [-0.15, -0.1) is 11.3 Å². The Hall–Kier alpha value is -2.45. The molecule has 0 atom stereocenters. The summed E-state index contributed by atoms with van der Waals surface area (Å²) >= 11 is 1.64. The van der Waals surface area contributed by atoms with Crippen molar-refractivity contribution in [3.05, 3.63) is 52.5 Å². The number of imide groups is 1. The average molecular weight is 390 g/mol. The molecule has 6 nitrogen and oxygen atoms in total. The quantitative estimate of drug-likeness (QED) is 0.793. The van der Waals surface area contributed by atoms with Crippen molar-refractivity contribution in [2.24, 2.45) is 0 Å². The van der Waals surface area contributed by atoms with Crippen LogP contribution in [0.2, 0.25) is 0 Å². The standard InChI is InChI=1S/C19H23FN4O2S/c20-16-5-1-2-6-17(16)24-11-9-23(10-12-24)14-18(25)22-19(26)21-8-7-15-4-3-13-27-15/h1-6,13H,7-12,14H2,(H2,21,22,25,26). The number of rotatable bonds is 6. The highest BCUT2D eigenvalue weighted by Crippen LogP contribution is 2.19. The fraction of sp³-hybridized carbons (Fsp3) is 0.368. The van der Waals surface area contributed by atoms with Gasteiger partial charge in [0.15, 0.2) is 0 Å². The Morgan fingerprint density at radius 3 is 2.56 bits per heavy atom. The Labute approximate surface area is 162 Å². The summed E-state index contributed by atoms with van der Waals surface area (Å²) in [6, 6.07) is 10.2. The van der Waals surface area contributed by atoms with E-state index in [-0.39, 0.29) is 18.3 Å². The Bertz CT molecular complexity index is 761. The van der Waals surface area contributed by atoms with Crippen LogP contribution in [0, 0.1) is 5.82 Å². The summed E-state index contributed by atoms with van der Waals surface area (Å²) < 4.78 is 13.9. The van der Waals surface area contributed by atoms with Gasteiger partial charge in [0.1, 0.15) is 5.82 Å². The highest BCUT2D eigenvalue weighted by molar-refractivity contribution is 7.09. The molecule has 0 aliphatic carbocycles. The van der Waals surface area contributed by atoms with Crippen LogP contribution in [0.1, 0.15) is 4.88 Å². The van der Waals surface area contributed by atoms with Gasteiger partial charge in [0.2, 0.25) is 5.91 Å². The summed E-state index contributed by atoms with van der Waals surface area (Å²) in [7, 11) is 0. The van der Waals surface area contributed by atoms with Crippen LogP contribution < -0.4 is 15.5 Å². The SMILES string of the molecule is O=C(CN1CCN(c2ccccc2F)CC1)NC(=O)NCCc1cccs1. The maximum Gasteiger partial charge on any atom is 0.321 e. The number of nitrogens with zero attached hydrogens (tertiary/aromatic N) is 2. The fourth-order valence-corrected chi connectivity index (χ4v) is 3.73. The van der Waals surface area contributed by atoms with Crippen molar-refractivity contribution in [3.8, 4) is 0 Å². The number of anilines is 1. The number of para-hydroxylation sites is 1. The zero-order valence-electron chi connectivity index (χ0n) is 15.0. The number of amides is 3. The van der Waals surface area contributed by atoms with Gasteiger partial charge in [0.05, 0.1) is 12.2 Å². The number of hydrogen-bond acceptors (Lipinski definition) is 5. The molecule has 3 rings (SSSR count). The normalized spacial score (nSPS) is 14.8. The van der Waals surface area contributed by atoms with Crippen LogP contribution in [0.5, 0.6) is 0 Å². The van der Waals surface area contributed by atoms with E-state index >= 15 is 0 Å². The molecule has 144 valence electrons. The first-order valence-corrected chi connectivity index (χ1v) is 9.81. The predicted octanol–water partition coefficient (Wildman–Crippen LogP) is 2.08. The largest absolute Gasteiger partial charge is 0.367 e. The highest BCUT2D eigenvalue weighted by atomic mass is 32.1. The van der Waals surface area contributed by atoms with Gasteiger partial charge in [0.25, 0.3) is 0 Å². The summed E-state index contributed by atoms with van der Waals surface area (Å²) in [6.07, 6.45) is 0.747. The number of hydrogen-bond donors (Lipinski definition) is 2. The van der Waals surface area contributed by atoms with Gasteiger partial charge in [0, 0.05) is 37.6 Å². The predicted molar refractivity (Wildman–Crippen MR) is 105 cm³/mol. The molecule has 0 bridgehead atoms. The lowest BCUT2D eigenvalue weighted by atomic mass is 10.2. The Morgan fingerprint density at radius 2 is 1.85 bits per heavy atom. The highest BCUT2D eigenvalue weighted by Gasteiger charge is 2.21. The molecule has 1 saturated heterocycles. The third-order valence-corrected chi connectivity index (χ3v) is 5.36. The zero-order chi connectivity index (χ0) is 19.1. The minimum atomic E-state index is -0.471. The smallest absolute Gasteiger partial charge is 0.321 e. The van der Waals surface area contributed by atoms with Gasteiger partial charge in [-0.3, -0.25) is 15.0 Å². The van der Waals surface area contributed by atoms with E-state index in [1.807, 2.05) is 33.4 Å². The molecule has 0 saturated carbocycles. The molecule has 27 heavy (non-hydrogen) atoms. The topological polar surface area (TPSA) is 64.7 Å². The van der Waals surface area contributed by atoms with Crippen LogP contribution in [-0.4, -0.2) is 56.1 Å². The van der Waals surface area contributed by atoms with Gasteiger partial charge in [-0.2, -0.15) is 0 Å². The second-order valence-corrected chi connectivity index (χ2v) is 7.38. The van der Waals surface area contributed by atoms with Crippen molar-refractivity contribution in [1.29, 1.82) is 0 Å². The van der Waals surface area contributed by atoms with Gasteiger partial charge in [-0.05, 0) is 30.0 Å². The maximum atomic E-state index is 13.9. The molecular weight excluding hydrogens is 367 g/mol. The summed E-state index contributed by atoms with van der Waals surface area (Å²) in [6.45, 7) is 3.20. The molecule has 1 fully saturated rings. The number of carbonyl (C=O) groups is 2. The van der Waals surface area contributed by atoms with Crippen LogP contribution in [0.3, 0.4) is 0 Å². The summed E-state index contributed by atoms with van der Waals surface area (Å²) in [4.78, 5) is 29.0. The van der Waals surface area contributed by atoms with Crippen LogP contribution in [0.4, 0.5) is 14.9 Å². The van der Waals surface area contributed by atoms with Crippen molar-refractivity contribution < 1.29 is 14.0 Å².